The second-order valence-corrected chi connectivity index (χ2v) is 6.31. The molecule has 10 heteroatoms. The third kappa shape index (κ3) is 4.26. The van der Waals surface area contributed by atoms with E-state index >= 15 is 0 Å². The van der Waals surface area contributed by atoms with Crippen LogP contribution in [-0.4, -0.2) is 19.8 Å². The van der Waals surface area contributed by atoms with Gasteiger partial charge in [0, 0.05) is 0 Å². The molecule has 1 rings (SSSR count). The Bertz CT molecular complexity index is 644. The molecular formula is C9H8Cl2N4O2S2. The third-order valence-corrected chi connectivity index (χ3v) is 3.94. The Kier molecular flexibility index (Phi) is 5.46. The van der Waals surface area contributed by atoms with Crippen LogP contribution in [0, 0.1) is 11.5 Å². The molecule has 19 heavy (non-hydrogen) atoms. The molecule has 0 aliphatic rings. The predicted octanol–water partition coefficient (Wildman–Crippen LogP) is 2.06. The van der Waals surface area contributed by atoms with Crippen LogP contribution in [0.4, 0.5) is 5.69 Å². The van der Waals surface area contributed by atoms with Gasteiger partial charge in [-0.25, -0.2) is 18.5 Å². The standard InChI is InChI=1S/C9H8Cl2N4O2S2/c1-18-9(14-4-12)15-8-6(10)2-5(3-7(8)11)19(13,16)17/h2-3H,1H3,(H,14,15)(H2,13,16,17). The van der Waals surface area contributed by atoms with Gasteiger partial charge in [0.2, 0.25) is 10.0 Å². The summed E-state index contributed by atoms with van der Waals surface area (Å²) in [5.41, 5.74) is 0.155. The molecule has 0 unspecified atom stereocenters. The van der Waals surface area contributed by atoms with Crippen molar-refractivity contribution in [1.82, 2.24) is 5.32 Å². The van der Waals surface area contributed by atoms with E-state index in [0.29, 0.717) is 0 Å². The number of benzene rings is 1. The number of rotatable bonds is 2. The number of primary sulfonamides is 1. The van der Waals surface area contributed by atoms with Crippen molar-refractivity contribution >= 4 is 55.8 Å². The average molecular weight is 339 g/mol. The molecule has 0 aliphatic carbocycles. The first-order valence-electron chi connectivity index (χ1n) is 4.59. The van der Waals surface area contributed by atoms with Gasteiger partial charge in [-0.15, -0.1) is 0 Å². The summed E-state index contributed by atoms with van der Waals surface area (Å²) in [7, 11) is -3.90. The smallest absolute Gasteiger partial charge is 0.238 e. The molecule has 1 aromatic rings. The number of halogens is 2. The number of thioether (sulfide) groups is 1. The molecule has 0 atom stereocenters. The Balaban J connectivity index is 3.37. The highest BCUT2D eigenvalue weighted by Gasteiger charge is 2.15. The summed E-state index contributed by atoms with van der Waals surface area (Å²) < 4.78 is 22.4. The summed E-state index contributed by atoms with van der Waals surface area (Å²) in [6.07, 6.45) is 3.41. The Hall–Kier alpha value is -0.980. The number of nitriles is 1. The number of nitrogens with two attached hydrogens (primary N) is 1. The summed E-state index contributed by atoms with van der Waals surface area (Å²) in [6, 6.07) is 2.29. The van der Waals surface area contributed by atoms with Crippen molar-refractivity contribution in [3.8, 4) is 6.19 Å². The number of sulfonamides is 1. The van der Waals surface area contributed by atoms with Crippen LogP contribution in [0.3, 0.4) is 0 Å². The molecule has 0 aromatic heterocycles. The largest absolute Gasteiger partial charge is 0.271 e. The summed E-state index contributed by atoms with van der Waals surface area (Å²) in [4.78, 5) is 3.83. The lowest BCUT2D eigenvalue weighted by molar-refractivity contribution is 0.598. The highest BCUT2D eigenvalue weighted by molar-refractivity contribution is 8.13. The van der Waals surface area contributed by atoms with Crippen molar-refractivity contribution in [2.45, 2.75) is 4.90 Å². The van der Waals surface area contributed by atoms with Gasteiger partial charge in [0.05, 0.1) is 14.9 Å². The molecule has 3 N–H and O–H groups in total. The van der Waals surface area contributed by atoms with E-state index in [1.807, 2.05) is 0 Å². The number of nitrogens with zero attached hydrogens (tertiary/aromatic N) is 2. The number of hydrogen-bond acceptors (Lipinski definition) is 5. The van der Waals surface area contributed by atoms with E-state index in [2.05, 4.69) is 10.3 Å². The van der Waals surface area contributed by atoms with Gasteiger partial charge in [-0.2, -0.15) is 5.26 Å². The van der Waals surface area contributed by atoms with Crippen LogP contribution in [0.25, 0.3) is 0 Å². The van der Waals surface area contributed by atoms with Gasteiger partial charge in [0.25, 0.3) is 0 Å². The molecular weight excluding hydrogens is 331 g/mol. The first-order valence-corrected chi connectivity index (χ1v) is 8.12. The summed E-state index contributed by atoms with van der Waals surface area (Å²) >= 11 is 13.0. The number of hydrogen-bond donors (Lipinski definition) is 2. The first kappa shape index (κ1) is 16.1. The quantitative estimate of drug-likeness (QED) is 0.371. The summed E-state index contributed by atoms with van der Waals surface area (Å²) in [5.74, 6) is 0. The molecule has 0 saturated heterocycles. The van der Waals surface area contributed by atoms with E-state index < -0.39 is 10.0 Å². The lowest BCUT2D eigenvalue weighted by Crippen LogP contribution is -2.13. The molecule has 1 aromatic carbocycles. The maximum Gasteiger partial charge on any atom is 0.238 e. The summed E-state index contributed by atoms with van der Waals surface area (Å²) in [5, 5.41) is 16.1. The van der Waals surface area contributed by atoms with E-state index in [0.717, 1.165) is 12.1 Å². The van der Waals surface area contributed by atoms with Crippen molar-refractivity contribution in [3.63, 3.8) is 0 Å². The zero-order valence-corrected chi connectivity index (χ0v) is 12.7. The maximum absolute atomic E-state index is 11.2. The van der Waals surface area contributed by atoms with Crippen LogP contribution in [0.1, 0.15) is 0 Å². The van der Waals surface area contributed by atoms with Gasteiger partial charge in [0.15, 0.2) is 11.4 Å². The summed E-state index contributed by atoms with van der Waals surface area (Å²) in [6.45, 7) is 0. The minimum atomic E-state index is -3.90. The molecule has 6 nitrogen and oxygen atoms in total. The first-order chi connectivity index (χ1) is 8.79. The molecule has 0 aliphatic heterocycles. The van der Waals surface area contributed by atoms with E-state index in [-0.39, 0.29) is 25.8 Å². The zero-order chi connectivity index (χ0) is 14.6. The van der Waals surface area contributed by atoms with Crippen LogP contribution in [-0.2, 0) is 10.0 Å². The van der Waals surface area contributed by atoms with E-state index in [9.17, 15) is 8.42 Å². The Morgan fingerprint density at radius 3 is 2.37 bits per heavy atom. The van der Waals surface area contributed by atoms with Crippen LogP contribution >= 0.6 is 35.0 Å². The fourth-order valence-corrected chi connectivity index (χ4v) is 2.68. The van der Waals surface area contributed by atoms with Crippen molar-refractivity contribution in [3.05, 3.63) is 22.2 Å². The Morgan fingerprint density at radius 2 is 2.00 bits per heavy atom. The van der Waals surface area contributed by atoms with E-state index in [1.165, 1.54) is 11.8 Å². The molecule has 0 spiro atoms. The SMILES string of the molecule is CSC(=Nc1c(Cl)cc(S(N)(=O)=O)cc1Cl)NC#N. The third-order valence-electron chi connectivity index (χ3n) is 1.89. The minimum absolute atomic E-state index is 0.0165. The van der Waals surface area contributed by atoms with Crippen molar-refractivity contribution in [2.75, 3.05) is 6.26 Å². The molecule has 102 valence electrons. The van der Waals surface area contributed by atoms with Crippen molar-refractivity contribution < 1.29 is 8.42 Å². The van der Waals surface area contributed by atoms with Crippen LogP contribution < -0.4 is 10.5 Å². The molecule has 0 saturated carbocycles. The molecule has 0 bridgehead atoms. The molecule has 0 heterocycles. The van der Waals surface area contributed by atoms with Gasteiger partial charge >= 0.3 is 0 Å². The topological polar surface area (TPSA) is 108 Å². The second-order valence-electron chi connectivity index (χ2n) is 3.14. The zero-order valence-electron chi connectivity index (χ0n) is 9.52. The fourth-order valence-electron chi connectivity index (χ4n) is 1.09. The van der Waals surface area contributed by atoms with Gasteiger partial charge < -0.3 is 0 Å². The van der Waals surface area contributed by atoms with Gasteiger partial charge in [0.1, 0.15) is 5.69 Å². The Labute approximate surface area is 124 Å². The van der Waals surface area contributed by atoms with Crippen LogP contribution in [0.5, 0.6) is 0 Å². The predicted molar refractivity (Wildman–Crippen MR) is 77.2 cm³/mol. The minimum Gasteiger partial charge on any atom is -0.271 e. The fraction of sp³-hybridized carbons (Fsp3) is 0.111. The highest BCUT2D eigenvalue weighted by Crippen LogP contribution is 2.35. The molecule has 0 radical (unpaired) electrons. The van der Waals surface area contributed by atoms with Crippen molar-refractivity contribution in [1.29, 1.82) is 5.26 Å². The lowest BCUT2D eigenvalue weighted by atomic mass is 10.3. The molecule has 0 fully saturated rings. The maximum atomic E-state index is 11.2. The second kappa shape index (κ2) is 6.45. The number of aliphatic imine (C=N–C) groups is 1. The molecule has 0 amide bonds. The van der Waals surface area contributed by atoms with Gasteiger partial charge in [-0.1, -0.05) is 35.0 Å². The lowest BCUT2D eigenvalue weighted by Gasteiger charge is -2.06. The monoisotopic (exact) mass is 338 g/mol. The number of amidine groups is 1. The van der Waals surface area contributed by atoms with E-state index in [4.69, 9.17) is 33.6 Å². The van der Waals surface area contributed by atoms with Crippen molar-refractivity contribution in [2.24, 2.45) is 10.1 Å². The normalized spacial score (nSPS) is 12.1. The van der Waals surface area contributed by atoms with Gasteiger partial charge in [-0.3, -0.25) is 5.32 Å². The van der Waals surface area contributed by atoms with Crippen LogP contribution in [0.15, 0.2) is 22.0 Å². The van der Waals surface area contributed by atoms with E-state index in [1.54, 1.807) is 12.4 Å². The van der Waals surface area contributed by atoms with Gasteiger partial charge in [-0.05, 0) is 18.4 Å². The highest BCUT2D eigenvalue weighted by atomic mass is 35.5. The van der Waals surface area contributed by atoms with Crippen LogP contribution in [0.2, 0.25) is 10.0 Å². The number of nitrogens with one attached hydrogen (secondary N) is 1. The Morgan fingerprint density at radius 1 is 1.47 bits per heavy atom. The average Bonchev–Trinajstić information content (AvgIpc) is 2.30.